The number of benzene rings is 1. The minimum Gasteiger partial charge on any atom is -0.478 e. The molecule has 1 rings (SSSR count). The van der Waals surface area contributed by atoms with Crippen molar-refractivity contribution < 1.29 is 19.8 Å². The average molecular weight is 375 g/mol. The van der Waals surface area contributed by atoms with Crippen LogP contribution in [0.5, 0.6) is 0 Å². The fraction of sp³-hybridized carbons (Fsp3) is 0. The molecule has 5 heteroatoms. The largest absolute Gasteiger partial charge is 0.478 e. The zero-order valence-corrected chi connectivity index (χ0v) is 9.94. The molecular formula is C8H6BiO4. The van der Waals surface area contributed by atoms with Gasteiger partial charge in [0.05, 0.1) is 11.1 Å². The maximum Gasteiger partial charge on any atom is 0.335 e. The second kappa shape index (κ2) is 4.92. The van der Waals surface area contributed by atoms with Crippen LogP contribution in [0.2, 0.25) is 0 Å². The first-order valence-electron chi connectivity index (χ1n) is 3.18. The quantitative estimate of drug-likeness (QED) is 0.747. The summed E-state index contributed by atoms with van der Waals surface area (Å²) >= 11 is 0. The van der Waals surface area contributed by atoms with Gasteiger partial charge in [-0.05, 0) is 24.3 Å². The van der Waals surface area contributed by atoms with Crippen LogP contribution in [0.3, 0.4) is 0 Å². The van der Waals surface area contributed by atoms with E-state index < -0.39 is 11.9 Å². The van der Waals surface area contributed by atoms with Crippen molar-refractivity contribution >= 4 is 38.1 Å². The van der Waals surface area contributed by atoms with Crippen molar-refractivity contribution in [2.75, 3.05) is 0 Å². The second-order valence-corrected chi connectivity index (χ2v) is 2.19. The Morgan fingerprint density at radius 1 is 0.846 bits per heavy atom. The van der Waals surface area contributed by atoms with Crippen molar-refractivity contribution in [3.05, 3.63) is 35.4 Å². The number of aromatic carboxylic acids is 2. The summed E-state index contributed by atoms with van der Waals surface area (Å²) in [6, 6.07) is 5.02. The summed E-state index contributed by atoms with van der Waals surface area (Å²) in [4.78, 5) is 20.7. The zero-order chi connectivity index (χ0) is 9.14. The maximum absolute atomic E-state index is 10.3. The smallest absolute Gasteiger partial charge is 0.335 e. The van der Waals surface area contributed by atoms with E-state index in [1.54, 1.807) is 0 Å². The fourth-order valence-electron chi connectivity index (χ4n) is 0.755. The SMILES string of the molecule is O=C(O)c1ccc(C(=O)O)cc1.[Bi]. The summed E-state index contributed by atoms with van der Waals surface area (Å²) < 4.78 is 0. The Hall–Kier alpha value is -0.957. The van der Waals surface area contributed by atoms with Crippen LogP contribution in [0, 0.1) is 0 Å². The summed E-state index contributed by atoms with van der Waals surface area (Å²) in [7, 11) is 0. The van der Waals surface area contributed by atoms with Crippen molar-refractivity contribution in [2.24, 2.45) is 0 Å². The van der Waals surface area contributed by atoms with Crippen molar-refractivity contribution in [2.45, 2.75) is 0 Å². The minimum absolute atomic E-state index is 0. The topological polar surface area (TPSA) is 74.6 Å². The summed E-state index contributed by atoms with van der Waals surface area (Å²) in [6.45, 7) is 0. The molecule has 3 radical (unpaired) electrons. The molecule has 1 aromatic carbocycles. The maximum atomic E-state index is 10.3. The zero-order valence-electron chi connectivity index (χ0n) is 6.47. The molecule has 0 aliphatic rings. The van der Waals surface area contributed by atoms with E-state index in [1.807, 2.05) is 0 Å². The average Bonchev–Trinajstić information content (AvgIpc) is 2.04. The molecule has 1 aromatic rings. The number of hydrogen-bond acceptors (Lipinski definition) is 2. The Morgan fingerprint density at radius 2 is 1.08 bits per heavy atom. The predicted molar refractivity (Wildman–Crippen MR) is 46.1 cm³/mol. The first-order valence-corrected chi connectivity index (χ1v) is 3.18. The first-order chi connectivity index (χ1) is 5.61. The Kier molecular flexibility index (Phi) is 4.56. The molecule has 0 amide bonds. The van der Waals surface area contributed by atoms with Gasteiger partial charge in [0.1, 0.15) is 0 Å². The monoisotopic (exact) mass is 375 g/mol. The first kappa shape index (κ1) is 12.0. The van der Waals surface area contributed by atoms with Crippen LogP contribution in [-0.2, 0) is 0 Å². The van der Waals surface area contributed by atoms with Crippen LogP contribution in [-0.4, -0.2) is 48.4 Å². The van der Waals surface area contributed by atoms with Gasteiger partial charge in [-0.1, -0.05) is 0 Å². The van der Waals surface area contributed by atoms with Crippen molar-refractivity contribution in [1.29, 1.82) is 0 Å². The number of carboxylic acid groups (broad SMARTS) is 2. The molecule has 4 nitrogen and oxygen atoms in total. The fourth-order valence-corrected chi connectivity index (χ4v) is 0.755. The van der Waals surface area contributed by atoms with E-state index in [1.165, 1.54) is 24.3 Å². The van der Waals surface area contributed by atoms with Crippen molar-refractivity contribution in [1.82, 2.24) is 0 Å². The molecule has 0 heterocycles. The Balaban J connectivity index is 0.00000144. The number of carboxylic acids is 2. The van der Waals surface area contributed by atoms with Crippen LogP contribution < -0.4 is 0 Å². The summed E-state index contributed by atoms with van der Waals surface area (Å²) in [5.41, 5.74) is 0.167. The van der Waals surface area contributed by atoms with E-state index in [0.29, 0.717) is 0 Å². The molecule has 0 bridgehead atoms. The van der Waals surface area contributed by atoms with E-state index in [-0.39, 0.29) is 37.3 Å². The van der Waals surface area contributed by atoms with Crippen LogP contribution in [0.1, 0.15) is 20.7 Å². The molecular weight excluding hydrogens is 369 g/mol. The van der Waals surface area contributed by atoms with E-state index in [2.05, 4.69) is 0 Å². The van der Waals surface area contributed by atoms with Crippen molar-refractivity contribution in [3.8, 4) is 0 Å². The summed E-state index contributed by atoms with van der Waals surface area (Å²) in [6.07, 6.45) is 0. The molecule has 0 aliphatic heterocycles. The third-order valence-corrected chi connectivity index (χ3v) is 1.38. The van der Waals surface area contributed by atoms with Crippen LogP contribution >= 0.6 is 0 Å². The molecule has 0 unspecified atom stereocenters. The van der Waals surface area contributed by atoms with Gasteiger partial charge in [0, 0.05) is 26.2 Å². The van der Waals surface area contributed by atoms with Gasteiger partial charge in [-0.25, -0.2) is 9.59 Å². The molecule has 13 heavy (non-hydrogen) atoms. The third-order valence-electron chi connectivity index (χ3n) is 1.38. The second-order valence-electron chi connectivity index (χ2n) is 2.19. The van der Waals surface area contributed by atoms with Gasteiger partial charge in [0.2, 0.25) is 0 Å². The molecule has 0 aromatic heterocycles. The van der Waals surface area contributed by atoms with Gasteiger partial charge in [-0.3, -0.25) is 0 Å². The van der Waals surface area contributed by atoms with Gasteiger partial charge < -0.3 is 10.2 Å². The molecule has 0 fully saturated rings. The van der Waals surface area contributed by atoms with Crippen LogP contribution in [0.25, 0.3) is 0 Å². The van der Waals surface area contributed by atoms with Gasteiger partial charge in [-0.15, -0.1) is 0 Å². The molecule has 2 N–H and O–H groups in total. The Bertz CT molecular complexity index is 284. The van der Waals surface area contributed by atoms with E-state index in [9.17, 15) is 9.59 Å². The molecule has 0 saturated carbocycles. The Labute approximate surface area is 93.3 Å². The number of hydrogen-bond donors (Lipinski definition) is 2. The molecule has 67 valence electrons. The van der Waals surface area contributed by atoms with Gasteiger partial charge in [0.25, 0.3) is 0 Å². The van der Waals surface area contributed by atoms with Crippen LogP contribution in [0.15, 0.2) is 24.3 Å². The normalized spacial score (nSPS) is 8.62. The summed E-state index contributed by atoms with van der Waals surface area (Å²) in [5.74, 6) is -2.13. The molecule has 0 spiro atoms. The van der Waals surface area contributed by atoms with Crippen molar-refractivity contribution in [3.63, 3.8) is 0 Å². The van der Waals surface area contributed by atoms with E-state index in [0.717, 1.165) is 0 Å². The van der Waals surface area contributed by atoms with Crippen LogP contribution in [0.4, 0.5) is 0 Å². The van der Waals surface area contributed by atoms with E-state index in [4.69, 9.17) is 10.2 Å². The summed E-state index contributed by atoms with van der Waals surface area (Å²) in [5, 5.41) is 16.9. The minimum atomic E-state index is -1.06. The van der Waals surface area contributed by atoms with Gasteiger partial charge >= 0.3 is 11.9 Å². The standard InChI is InChI=1S/C8H6O4.Bi/c9-7(10)5-1-2-6(4-3-5)8(11)12;/h1-4H,(H,9,10)(H,11,12);. The van der Waals surface area contributed by atoms with E-state index >= 15 is 0 Å². The predicted octanol–water partition coefficient (Wildman–Crippen LogP) is 0.702. The molecule has 0 atom stereocenters. The number of carbonyl (C=O) groups is 2. The number of rotatable bonds is 2. The Morgan fingerprint density at radius 3 is 1.23 bits per heavy atom. The molecule has 0 aliphatic carbocycles. The van der Waals surface area contributed by atoms with Gasteiger partial charge in [0.15, 0.2) is 0 Å². The van der Waals surface area contributed by atoms with Gasteiger partial charge in [-0.2, -0.15) is 0 Å². The third kappa shape index (κ3) is 3.11. The molecule has 0 saturated heterocycles.